The smallest absolute Gasteiger partial charge is 0.338 e. The van der Waals surface area contributed by atoms with Crippen molar-refractivity contribution < 1.29 is 18.8 Å². The Kier molecular flexibility index (Phi) is 4.12. The topological polar surface area (TPSA) is 81.4 Å². The number of aromatic nitrogens is 1. The number of aryl methyl sites for hydroxylation is 2. The number of hydrogen-bond acceptors (Lipinski definition) is 6. The van der Waals surface area contributed by atoms with Crippen LogP contribution in [0.4, 0.5) is 5.69 Å². The third-order valence-corrected chi connectivity index (χ3v) is 4.85. The van der Waals surface area contributed by atoms with Gasteiger partial charge in [0.15, 0.2) is 0 Å². The Bertz CT molecular complexity index is 765. The maximum Gasteiger partial charge on any atom is 0.338 e. The maximum atomic E-state index is 12.2. The van der Waals surface area contributed by atoms with Gasteiger partial charge in [-0.3, -0.25) is 4.79 Å². The van der Waals surface area contributed by atoms with Crippen molar-refractivity contribution in [2.45, 2.75) is 37.5 Å². The molecule has 0 fully saturated rings. The number of ether oxygens (including phenoxy) is 1. The van der Waals surface area contributed by atoms with E-state index in [0.717, 1.165) is 10.5 Å². The summed E-state index contributed by atoms with van der Waals surface area (Å²) in [7, 11) is 0. The van der Waals surface area contributed by atoms with Crippen LogP contribution in [0.2, 0.25) is 0 Å². The number of benzene rings is 1. The lowest BCUT2D eigenvalue weighted by Gasteiger charge is -2.21. The summed E-state index contributed by atoms with van der Waals surface area (Å²) in [6.07, 6.45) is 0. The van der Waals surface area contributed by atoms with E-state index in [2.05, 4.69) is 10.5 Å². The molecule has 1 aromatic carbocycles. The number of amides is 1. The van der Waals surface area contributed by atoms with Gasteiger partial charge in [0.1, 0.15) is 12.4 Å². The zero-order valence-electron chi connectivity index (χ0n) is 13.0. The molecule has 1 atom stereocenters. The van der Waals surface area contributed by atoms with Crippen molar-refractivity contribution in [3.05, 3.63) is 40.8 Å². The van der Waals surface area contributed by atoms with Gasteiger partial charge in [-0.2, -0.15) is 0 Å². The lowest BCUT2D eigenvalue weighted by atomic mass is 10.2. The molecule has 2 heterocycles. The second-order valence-electron chi connectivity index (χ2n) is 5.34. The number of thioether (sulfide) groups is 1. The van der Waals surface area contributed by atoms with Gasteiger partial charge in [-0.15, -0.1) is 11.8 Å². The maximum absolute atomic E-state index is 12.2. The summed E-state index contributed by atoms with van der Waals surface area (Å²) in [5.74, 6) is 0.118. The molecule has 2 aromatic rings. The van der Waals surface area contributed by atoms with E-state index in [9.17, 15) is 9.59 Å². The molecule has 1 unspecified atom stereocenters. The number of rotatable bonds is 3. The van der Waals surface area contributed by atoms with Crippen molar-refractivity contribution in [3.8, 4) is 0 Å². The van der Waals surface area contributed by atoms with Gasteiger partial charge >= 0.3 is 5.97 Å². The van der Waals surface area contributed by atoms with E-state index in [1.165, 1.54) is 11.8 Å². The fraction of sp³-hybridized carbons (Fsp3) is 0.312. The lowest BCUT2D eigenvalue weighted by molar-refractivity contribution is -0.115. The Labute approximate surface area is 137 Å². The van der Waals surface area contributed by atoms with E-state index in [4.69, 9.17) is 9.26 Å². The molecular weight excluding hydrogens is 316 g/mol. The van der Waals surface area contributed by atoms with Crippen LogP contribution in [0.5, 0.6) is 0 Å². The molecule has 7 heteroatoms. The summed E-state index contributed by atoms with van der Waals surface area (Å²) in [5, 5.41) is 6.48. The van der Waals surface area contributed by atoms with Crippen molar-refractivity contribution in [2.75, 3.05) is 5.32 Å². The molecule has 3 rings (SSSR count). The first kappa shape index (κ1) is 15.6. The average molecular weight is 332 g/mol. The number of nitrogens with zero attached hydrogens (tertiary/aromatic N) is 1. The highest BCUT2D eigenvalue weighted by Crippen LogP contribution is 2.36. The van der Waals surface area contributed by atoms with Crippen molar-refractivity contribution >= 4 is 29.3 Å². The highest BCUT2D eigenvalue weighted by Gasteiger charge is 2.24. The van der Waals surface area contributed by atoms with Crippen LogP contribution in [0.1, 0.15) is 34.3 Å². The van der Waals surface area contributed by atoms with Gasteiger partial charge in [-0.05, 0) is 39.0 Å². The monoisotopic (exact) mass is 332 g/mol. The molecule has 0 spiro atoms. The second-order valence-corrected chi connectivity index (χ2v) is 6.72. The largest absolute Gasteiger partial charge is 0.457 e. The van der Waals surface area contributed by atoms with Crippen molar-refractivity contribution in [1.29, 1.82) is 0 Å². The molecule has 1 amide bonds. The number of esters is 1. The molecule has 0 radical (unpaired) electrons. The highest BCUT2D eigenvalue weighted by atomic mass is 32.2. The molecule has 23 heavy (non-hydrogen) atoms. The van der Waals surface area contributed by atoms with Crippen LogP contribution in [0.15, 0.2) is 27.6 Å². The van der Waals surface area contributed by atoms with Crippen LogP contribution in [0.25, 0.3) is 0 Å². The van der Waals surface area contributed by atoms with E-state index in [1.54, 1.807) is 26.0 Å². The summed E-state index contributed by atoms with van der Waals surface area (Å²) < 4.78 is 10.4. The van der Waals surface area contributed by atoms with Crippen LogP contribution >= 0.6 is 11.8 Å². The molecule has 0 bridgehead atoms. The van der Waals surface area contributed by atoms with Gasteiger partial charge in [0, 0.05) is 4.90 Å². The molecule has 0 aliphatic carbocycles. The summed E-state index contributed by atoms with van der Waals surface area (Å²) in [6, 6.07) is 5.16. The lowest BCUT2D eigenvalue weighted by Crippen LogP contribution is -2.26. The molecule has 1 aliphatic heterocycles. The van der Waals surface area contributed by atoms with Gasteiger partial charge in [0.25, 0.3) is 0 Å². The van der Waals surface area contributed by atoms with Crippen LogP contribution in [-0.2, 0) is 16.1 Å². The number of anilines is 1. The number of fused-ring (bicyclic) bond motifs is 1. The van der Waals surface area contributed by atoms with Crippen molar-refractivity contribution in [1.82, 2.24) is 5.16 Å². The average Bonchev–Trinajstić information content (AvgIpc) is 2.84. The van der Waals surface area contributed by atoms with Crippen molar-refractivity contribution in [2.24, 2.45) is 0 Å². The highest BCUT2D eigenvalue weighted by molar-refractivity contribution is 8.00. The van der Waals surface area contributed by atoms with Gasteiger partial charge in [-0.25, -0.2) is 4.79 Å². The van der Waals surface area contributed by atoms with Crippen LogP contribution in [0.3, 0.4) is 0 Å². The second kappa shape index (κ2) is 6.08. The molecule has 120 valence electrons. The SMILES string of the molecule is Cc1noc(C)c1COC(=O)c1ccc2c(c1)NC(=O)C(C)S2. The van der Waals surface area contributed by atoms with E-state index < -0.39 is 5.97 Å². The Morgan fingerprint density at radius 1 is 1.43 bits per heavy atom. The zero-order valence-corrected chi connectivity index (χ0v) is 13.8. The first-order chi connectivity index (χ1) is 11.0. The minimum atomic E-state index is -0.453. The normalized spacial score (nSPS) is 16.7. The molecule has 1 N–H and O–H groups in total. The number of carbonyl (C=O) groups excluding carboxylic acids is 2. The standard InChI is InChI=1S/C16H16N2O4S/c1-8-12(9(2)22-18-8)7-21-16(20)11-4-5-14-13(6-11)17-15(19)10(3)23-14/h4-6,10H,7H2,1-3H3,(H,17,19). The minimum absolute atomic E-state index is 0.0660. The predicted octanol–water partition coefficient (Wildman–Crippen LogP) is 3.08. The van der Waals surface area contributed by atoms with Gasteiger partial charge in [0.05, 0.1) is 27.8 Å². The third-order valence-electron chi connectivity index (χ3n) is 3.67. The quantitative estimate of drug-likeness (QED) is 0.870. The summed E-state index contributed by atoms with van der Waals surface area (Å²) in [4.78, 5) is 24.9. The van der Waals surface area contributed by atoms with Gasteiger partial charge in [-0.1, -0.05) is 5.16 Å². The minimum Gasteiger partial charge on any atom is -0.457 e. The number of carbonyl (C=O) groups is 2. The summed E-state index contributed by atoms with van der Waals surface area (Å²) >= 11 is 1.47. The summed E-state index contributed by atoms with van der Waals surface area (Å²) in [6.45, 7) is 5.52. The zero-order chi connectivity index (χ0) is 16.6. The van der Waals surface area contributed by atoms with Crippen LogP contribution in [-0.4, -0.2) is 22.3 Å². The van der Waals surface area contributed by atoms with Crippen LogP contribution < -0.4 is 5.32 Å². The van der Waals surface area contributed by atoms with Crippen molar-refractivity contribution in [3.63, 3.8) is 0 Å². The fourth-order valence-electron chi connectivity index (χ4n) is 2.26. The van der Waals surface area contributed by atoms with E-state index in [0.29, 0.717) is 22.7 Å². The first-order valence-corrected chi connectivity index (χ1v) is 8.04. The number of hydrogen-bond donors (Lipinski definition) is 1. The van der Waals surface area contributed by atoms with Gasteiger partial charge in [0.2, 0.25) is 5.91 Å². The Morgan fingerprint density at radius 3 is 2.91 bits per heavy atom. The third kappa shape index (κ3) is 3.10. The fourth-order valence-corrected chi connectivity index (χ4v) is 3.20. The molecule has 0 saturated carbocycles. The predicted molar refractivity (Wildman–Crippen MR) is 85.5 cm³/mol. The molecule has 1 aromatic heterocycles. The first-order valence-electron chi connectivity index (χ1n) is 7.16. The summed E-state index contributed by atoms with van der Waals surface area (Å²) in [5.41, 5.74) is 2.52. The molecule has 1 aliphatic rings. The van der Waals surface area contributed by atoms with E-state index >= 15 is 0 Å². The number of nitrogens with one attached hydrogen (secondary N) is 1. The Morgan fingerprint density at radius 2 is 2.22 bits per heavy atom. The van der Waals surface area contributed by atoms with E-state index in [-0.39, 0.29) is 17.8 Å². The Hall–Kier alpha value is -2.28. The molecule has 6 nitrogen and oxygen atoms in total. The molecular formula is C16H16N2O4S. The van der Waals surface area contributed by atoms with Gasteiger partial charge < -0.3 is 14.6 Å². The van der Waals surface area contributed by atoms with Crippen LogP contribution in [0, 0.1) is 13.8 Å². The Balaban J connectivity index is 1.73. The van der Waals surface area contributed by atoms with E-state index in [1.807, 2.05) is 13.0 Å². The molecule has 0 saturated heterocycles.